The summed E-state index contributed by atoms with van der Waals surface area (Å²) in [5, 5.41) is 2.47. The van der Waals surface area contributed by atoms with Crippen LogP contribution in [0.1, 0.15) is 54.9 Å². The second-order valence-corrected chi connectivity index (χ2v) is 9.89. The van der Waals surface area contributed by atoms with E-state index in [-0.39, 0.29) is 31.2 Å². The van der Waals surface area contributed by atoms with Crippen LogP contribution in [0.3, 0.4) is 0 Å². The number of nitrogens with one attached hydrogen (secondary N) is 1. The monoisotopic (exact) mass is 497 g/mol. The van der Waals surface area contributed by atoms with Crippen LogP contribution in [-0.2, 0) is 47.6 Å². The number of carbonyl (C=O) groups excluding carboxylic acids is 4. The number of amides is 1. The van der Waals surface area contributed by atoms with Gasteiger partial charge in [-0.25, -0.2) is 9.59 Å². The summed E-state index contributed by atoms with van der Waals surface area (Å²) in [6.07, 6.45) is -3.85. The molecule has 1 amide bonds. The van der Waals surface area contributed by atoms with E-state index in [2.05, 4.69) is 10.1 Å². The van der Waals surface area contributed by atoms with Gasteiger partial charge in [0.05, 0.1) is 24.9 Å². The third-order valence-corrected chi connectivity index (χ3v) is 5.26. The molecule has 0 aliphatic rings. The van der Waals surface area contributed by atoms with Gasteiger partial charge in [-0.3, -0.25) is 13.8 Å². The minimum atomic E-state index is -3.99. The number of hydrogen-bond donors (Lipinski definition) is 1. The molecular formula is C20H35NO11S. The third kappa shape index (κ3) is 13.0. The Hall–Kier alpha value is -2.41. The van der Waals surface area contributed by atoms with Crippen LogP contribution in [-0.4, -0.2) is 70.3 Å². The molecule has 0 aromatic carbocycles. The Balaban J connectivity index is 5.28. The van der Waals surface area contributed by atoms with Crippen molar-refractivity contribution in [3.63, 3.8) is 0 Å². The highest BCUT2D eigenvalue weighted by Crippen LogP contribution is 2.27. The van der Waals surface area contributed by atoms with E-state index in [0.29, 0.717) is 0 Å². The smallest absolute Gasteiger partial charge is 0.449 e. The minimum absolute atomic E-state index is 0.0534. The molecular weight excluding hydrogens is 462 g/mol. The van der Waals surface area contributed by atoms with Crippen molar-refractivity contribution in [2.45, 2.75) is 67.3 Å². The van der Waals surface area contributed by atoms with Crippen molar-refractivity contribution >= 4 is 34.1 Å². The lowest BCUT2D eigenvalue weighted by molar-refractivity contribution is -0.194. The summed E-state index contributed by atoms with van der Waals surface area (Å²) in [7, 11) is -3.99. The van der Waals surface area contributed by atoms with Crippen LogP contribution in [0, 0.1) is 11.3 Å². The SMILES string of the molecule is CCOC(=O)OC(C)OC(=O)[C@H](OC(=O)C(C)C)C(C)(C)COS(=O)(=O)CCCNC(C)=O. The first-order valence-corrected chi connectivity index (χ1v) is 12.0. The van der Waals surface area contributed by atoms with Gasteiger partial charge in [-0.05, 0) is 13.3 Å². The van der Waals surface area contributed by atoms with Crippen LogP contribution >= 0.6 is 0 Å². The molecule has 1 unspecified atom stereocenters. The number of hydrogen-bond acceptors (Lipinski definition) is 11. The molecule has 0 fully saturated rings. The summed E-state index contributed by atoms with van der Waals surface area (Å²) >= 11 is 0. The van der Waals surface area contributed by atoms with E-state index in [1.165, 1.54) is 27.7 Å². The van der Waals surface area contributed by atoms with Crippen LogP contribution < -0.4 is 5.32 Å². The molecule has 2 atom stereocenters. The van der Waals surface area contributed by atoms with Crippen molar-refractivity contribution < 1.29 is 50.7 Å². The molecule has 1 N–H and O–H groups in total. The van der Waals surface area contributed by atoms with E-state index in [0.717, 1.165) is 0 Å². The fourth-order valence-electron chi connectivity index (χ4n) is 2.21. The zero-order valence-electron chi connectivity index (χ0n) is 20.2. The van der Waals surface area contributed by atoms with Gasteiger partial charge in [-0.1, -0.05) is 27.7 Å². The molecule has 192 valence electrons. The summed E-state index contributed by atoms with van der Waals surface area (Å²) in [5.41, 5.74) is -1.34. The molecule has 33 heavy (non-hydrogen) atoms. The molecule has 0 aromatic heterocycles. The van der Waals surface area contributed by atoms with Crippen molar-refractivity contribution in [1.29, 1.82) is 0 Å². The summed E-state index contributed by atoms with van der Waals surface area (Å²) in [6, 6.07) is 0. The molecule has 0 saturated carbocycles. The quantitative estimate of drug-likeness (QED) is 0.122. The Bertz CT molecular complexity index is 777. The van der Waals surface area contributed by atoms with Gasteiger partial charge >= 0.3 is 18.1 Å². The maximum atomic E-state index is 12.7. The second kappa shape index (κ2) is 14.0. The van der Waals surface area contributed by atoms with E-state index in [1.807, 2.05) is 0 Å². The highest BCUT2D eigenvalue weighted by molar-refractivity contribution is 7.86. The molecule has 0 aliphatic heterocycles. The van der Waals surface area contributed by atoms with Gasteiger partial charge in [0.2, 0.25) is 18.3 Å². The fraction of sp³-hybridized carbons (Fsp3) is 0.800. The average molecular weight is 498 g/mol. The van der Waals surface area contributed by atoms with Gasteiger partial charge in [0.15, 0.2) is 0 Å². The number of rotatable bonds is 14. The molecule has 0 spiro atoms. The fourth-order valence-corrected chi connectivity index (χ4v) is 3.30. The third-order valence-electron chi connectivity index (χ3n) is 3.99. The van der Waals surface area contributed by atoms with Crippen LogP contribution in [0.15, 0.2) is 0 Å². The lowest BCUT2D eigenvalue weighted by Crippen LogP contribution is -2.46. The van der Waals surface area contributed by atoms with Crippen molar-refractivity contribution in [2.75, 3.05) is 25.5 Å². The number of carbonyl (C=O) groups is 4. The van der Waals surface area contributed by atoms with E-state index < -0.39 is 58.5 Å². The largest absolute Gasteiger partial charge is 0.511 e. The molecule has 0 heterocycles. The highest BCUT2D eigenvalue weighted by atomic mass is 32.2. The van der Waals surface area contributed by atoms with Crippen molar-refractivity contribution in [3.8, 4) is 0 Å². The van der Waals surface area contributed by atoms with E-state index in [1.54, 1.807) is 20.8 Å². The van der Waals surface area contributed by atoms with E-state index in [4.69, 9.17) is 18.4 Å². The first-order valence-electron chi connectivity index (χ1n) is 10.5. The van der Waals surface area contributed by atoms with Crippen molar-refractivity contribution in [2.24, 2.45) is 11.3 Å². The van der Waals surface area contributed by atoms with Crippen LogP contribution in [0.5, 0.6) is 0 Å². The van der Waals surface area contributed by atoms with Gasteiger partial charge in [0.1, 0.15) is 0 Å². The molecule has 0 radical (unpaired) electrons. The van der Waals surface area contributed by atoms with Gasteiger partial charge in [-0.2, -0.15) is 8.42 Å². The molecule has 0 aliphatic carbocycles. The highest BCUT2D eigenvalue weighted by Gasteiger charge is 2.42. The predicted molar refractivity (Wildman–Crippen MR) is 115 cm³/mol. The topological polar surface area (TPSA) is 161 Å². The minimum Gasteiger partial charge on any atom is -0.449 e. The summed E-state index contributed by atoms with van der Waals surface area (Å²) in [5.74, 6) is -3.01. The Morgan fingerprint density at radius 2 is 1.58 bits per heavy atom. The Morgan fingerprint density at radius 3 is 2.09 bits per heavy atom. The van der Waals surface area contributed by atoms with Crippen molar-refractivity contribution in [3.05, 3.63) is 0 Å². The molecule has 0 aromatic rings. The van der Waals surface area contributed by atoms with E-state index in [9.17, 15) is 27.6 Å². The van der Waals surface area contributed by atoms with E-state index >= 15 is 0 Å². The maximum Gasteiger partial charge on any atom is 0.511 e. The molecule has 0 rings (SSSR count). The summed E-state index contributed by atoms with van der Waals surface area (Å²) < 4.78 is 49.1. The van der Waals surface area contributed by atoms with Gasteiger partial charge < -0.3 is 24.3 Å². The van der Waals surface area contributed by atoms with Gasteiger partial charge in [-0.15, -0.1) is 0 Å². The predicted octanol–water partition coefficient (Wildman–Crippen LogP) is 1.52. The standard InChI is InChI=1S/C20H35NO11S/c1-8-28-19(25)31-15(5)30-18(24)16(32-17(23)13(2)3)20(6,7)12-29-33(26,27)11-9-10-21-14(4)22/h13,15-16H,8-12H2,1-7H3,(H,21,22)/t15?,16-/m0/s1. The molecule has 13 heteroatoms. The van der Waals surface area contributed by atoms with Crippen LogP contribution in [0.25, 0.3) is 0 Å². The van der Waals surface area contributed by atoms with Crippen LogP contribution in [0.2, 0.25) is 0 Å². The molecule has 0 bridgehead atoms. The Kier molecular flexibility index (Phi) is 13.0. The normalized spacial score (nSPS) is 13.6. The zero-order valence-corrected chi connectivity index (χ0v) is 21.0. The second-order valence-electron chi connectivity index (χ2n) is 8.13. The lowest BCUT2D eigenvalue weighted by atomic mass is 9.87. The summed E-state index contributed by atoms with van der Waals surface area (Å²) in [6.45, 7) is 9.86. The lowest BCUT2D eigenvalue weighted by Gasteiger charge is -2.32. The average Bonchev–Trinajstić information content (AvgIpc) is 2.67. The zero-order chi connectivity index (χ0) is 25.8. The summed E-state index contributed by atoms with van der Waals surface area (Å²) in [4.78, 5) is 47.1. The van der Waals surface area contributed by atoms with Crippen LogP contribution in [0.4, 0.5) is 4.79 Å². The maximum absolute atomic E-state index is 12.7. The van der Waals surface area contributed by atoms with Gasteiger partial charge in [0, 0.05) is 25.8 Å². The first-order chi connectivity index (χ1) is 15.1. The number of esters is 2. The van der Waals surface area contributed by atoms with Gasteiger partial charge in [0.25, 0.3) is 10.1 Å². The molecule has 12 nitrogen and oxygen atoms in total. The Labute approximate surface area is 194 Å². The first kappa shape index (κ1) is 30.6. The number of ether oxygens (including phenoxy) is 4. The Morgan fingerprint density at radius 1 is 0.970 bits per heavy atom. The van der Waals surface area contributed by atoms with Crippen molar-refractivity contribution in [1.82, 2.24) is 5.32 Å². The molecule has 0 saturated heterocycles.